The summed E-state index contributed by atoms with van der Waals surface area (Å²) in [6.45, 7) is 0. The zero-order valence-corrected chi connectivity index (χ0v) is 7.76. The number of carboxylic acid groups (broad SMARTS) is 1. The Morgan fingerprint density at radius 3 is 2.93 bits per heavy atom. The Balaban J connectivity index is 2.13. The summed E-state index contributed by atoms with van der Waals surface area (Å²) in [7, 11) is 0. The van der Waals surface area contributed by atoms with Gasteiger partial charge in [0.2, 0.25) is 0 Å². The molecule has 5 nitrogen and oxygen atoms in total. The maximum absolute atomic E-state index is 10.6. The van der Waals surface area contributed by atoms with Gasteiger partial charge in [-0.2, -0.15) is 5.10 Å². The fourth-order valence-electron chi connectivity index (χ4n) is 1.88. The second-order valence-corrected chi connectivity index (χ2v) is 3.74. The molecular formula is C9H13N3O2. The zero-order chi connectivity index (χ0) is 10.1. The van der Waals surface area contributed by atoms with Gasteiger partial charge in [0, 0.05) is 12.2 Å². The topological polar surface area (TPSA) is 81.1 Å². The van der Waals surface area contributed by atoms with Crippen molar-refractivity contribution in [2.24, 2.45) is 5.73 Å². The van der Waals surface area contributed by atoms with E-state index in [2.05, 4.69) is 5.10 Å². The van der Waals surface area contributed by atoms with Crippen LogP contribution >= 0.6 is 0 Å². The molecule has 1 aliphatic rings. The van der Waals surface area contributed by atoms with E-state index in [0.29, 0.717) is 0 Å². The van der Waals surface area contributed by atoms with Crippen LogP contribution in [0.3, 0.4) is 0 Å². The first-order valence-corrected chi connectivity index (χ1v) is 4.70. The Labute approximate surface area is 81.5 Å². The molecule has 0 saturated heterocycles. The van der Waals surface area contributed by atoms with E-state index in [1.165, 1.54) is 6.20 Å². The van der Waals surface area contributed by atoms with Crippen molar-refractivity contribution in [1.82, 2.24) is 9.78 Å². The molecule has 1 heterocycles. The minimum Gasteiger partial charge on any atom is -0.478 e. The van der Waals surface area contributed by atoms with Crippen LogP contribution in [0, 0.1) is 0 Å². The molecule has 0 aromatic carbocycles. The van der Waals surface area contributed by atoms with Crippen LogP contribution in [-0.4, -0.2) is 26.9 Å². The highest BCUT2D eigenvalue weighted by molar-refractivity contribution is 5.86. The van der Waals surface area contributed by atoms with E-state index in [1.54, 1.807) is 10.9 Å². The number of hydrogen-bond acceptors (Lipinski definition) is 3. The van der Waals surface area contributed by atoms with Crippen molar-refractivity contribution in [2.45, 2.75) is 31.3 Å². The molecular weight excluding hydrogens is 182 g/mol. The third kappa shape index (κ3) is 1.63. The first-order chi connectivity index (χ1) is 6.66. The average Bonchev–Trinajstić information content (AvgIpc) is 2.70. The lowest BCUT2D eigenvalue weighted by Crippen LogP contribution is -2.16. The van der Waals surface area contributed by atoms with Gasteiger partial charge in [-0.3, -0.25) is 4.68 Å². The van der Waals surface area contributed by atoms with Gasteiger partial charge in [0.15, 0.2) is 0 Å². The molecule has 2 atom stereocenters. The Morgan fingerprint density at radius 1 is 1.64 bits per heavy atom. The average molecular weight is 195 g/mol. The van der Waals surface area contributed by atoms with Gasteiger partial charge < -0.3 is 10.8 Å². The lowest BCUT2D eigenvalue weighted by Gasteiger charge is -2.08. The maximum atomic E-state index is 10.6. The van der Waals surface area contributed by atoms with E-state index < -0.39 is 5.97 Å². The minimum absolute atomic E-state index is 0.234. The van der Waals surface area contributed by atoms with Crippen LogP contribution in [0.15, 0.2) is 12.4 Å². The second-order valence-electron chi connectivity index (χ2n) is 3.74. The SMILES string of the molecule is NC1CCC(n2cc(C(=O)O)cn2)C1. The van der Waals surface area contributed by atoms with Crippen molar-refractivity contribution in [3.63, 3.8) is 0 Å². The van der Waals surface area contributed by atoms with Gasteiger partial charge in [-0.25, -0.2) is 4.79 Å². The molecule has 0 bridgehead atoms. The molecule has 1 saturated carbocycles. The van der Waals surface area contributed by atoms with E-state index in [1.807, 2.05) is 0 Å². The van der Waals surface area contributed by atoms with E-state index in [4.69, 9.17) is 10.8 Å². The van der Waals surface area contributed by atoms with Crippen molar-refractivity contribution in [1.29, 1.82) is 0 Å². The molecule has 0 spiro atoms. The normalized spacial score (nSPS) is 26.6. The standard InChI is InChI=1S/C9H13N3O2/c10-7-1-2-8(3-7)12-5-6(4-11-12)9(13)14/h4-5,7-8H,1-3,10H2,(H,13,14). The molecule has 0 aliphatic heterocycles. The van der Waals surface area contributed by atoms with Crippen molar-refractivity contribution in [3.8, 4) is 0 Å². The molecule has 76 valence electrons. The third-order valence-electron chi connectivity index (χ3n) is 2.67. The van der Waals surface area contributed by atoms with Gasteiger partial charge in [0.1, 0.15) is 0 Å². The summed E-state index contributed by atoms with van der Waals surface area (Å²) in [5.74, 6) is -0.932. The Kier molecular flexibility index (Phi) is 2.25. The van der Waals surface area contributed by atoms with Gasteiger partial charge in [-0.1, -0.05) is 0 Å². The summed E-state index contributed by atoms with van der Waals surface area (Å²) in [4.78, 5) is 10.6. The van der Waals surface area contributed by atoms with E-state index in [-0.39, 0.29) is 17.6 Å². The summed E-state index contributed by atoms with van der Waals surface area (Å²) in [6.07, 6.45) is 5.83. The summed E-state index contributed by atoms with van der Waals surface area (Å²) < 4.78 is 1.72. The molecule has 1 fully saturated rings. The van der Waals surface area contributed by atoms with Crippen LogP contribution in [-0.2, 0) is 0 Å². The Hall–Kier alpha value is -1.36. The highest BCUT2D eigenvalue weighted by atomic mass is 16.4. The van der Waals surface area contributed by atoms with Crippen LogP contribution in [0.5, 0.6) is 0 Å². The molecule has 0 radical (unpaired) electrons. The number of carboxylic acids is 1. The summed E-state index contributed by atoms with van der Waals surface area (Å²) in [6, 6.07) is 0.510. The maximum Gasteiger partial charge on any atom is 0.338 e. The van der Waals surface area contributed by atoms with Crippen molar-refractivity contribution >= 4 is 5.97 Å². The first-order valence-electron chi connectivity index (χ1n) is 4.70. The summed E-state index contributed by atoms with van der Waals surface area (Å²) in [5.41, 5.74) is 6.01. The van der Waals surface area contributed by atoms with Crippen LogP contribution in [0.4, 0.5) is 0 Å². The van der Waals surface area contributed by atoms with Gasteiger partial charge in [-0.15, -0.1) is 0 Å². The number of nitrogens with zero attached hydrogens (tertiary/aromatic N) is 2. The lowest BCUT2D eigenvalue weighted by atomic mass is 10.2. The number of aromatic carboxylic acids is 1. The van der Waals surface area contributed by atoms with Crippen molar-refractivity contribution in [2.75, 3.05) is 0 Å². The number of carbonyl (C=O) groups is 1. The summed E-state index contributed by atoms with van der Waals surface area (Å²) >= 11 is 0. The minimum atomic E-state index is -0.932. The van der Waals surface area contributed by atoms with Crippen LogP contribution < -0.4 is 5.73 Å². The Bertz CT molecular complexity index is 348. The van der Waals surface area contributed by atoms with Crippen molar-refractivity contribution < 1.29 is 9.90 Å². The summed E-state index contributed by atoms with van der Waals surface area (Å²) in [5, 5.41) is 12.7. The highest BCUT2D eigenvalue weighted by Crippen LogP contribution is 2.28. The molecule has 2 rings (SSSR count). The van der Waals surface area contributed by atoms with Gasteiger partial charge in [0.05, 0.1) is 17.8 Å². The molecule has 2 unspecified atom stereocenters. The van der Waals surface area contributed by atoms with Gasteiger partial charge in [-0.05, 0) is 19.3 Å². The van der Waals surface area contributed by atoms with Crippen LogP contribution in [0.1, 0.15) is 35.7 Å². The second kappa shape index (κ2) is 3.42. The van der Waals surface area contributed by atoms with Crippen LogP contribution in [0.25, 0.3) is 0 Å². The molecule has 0 amide bonds. The fourth-order valence-corrected chi connectivity index (χ4v) is 1.88. The predicted molar refractivity (Wildman–Crippen MR) is 50.0 cm³/mol. The smallest absolute Gasteiger partial charge is 0.338 e. The zero-order valence-electron chi connectivity index (χ0n) is 7.76. The number of aromatic nitrogens is 2. The lowest BCUT2D eigenvalue weighted by molar-refractivity contribution is 0.0696. The number of hydrogen-bond donors (Lipinski definition) is 2. The Morgan fingerprint density at radius 2 is 2.43 bits per heavy atom. The molecule has 1 aliphatic carbocycles. The van der Waals surface area contributed by atoms with Crippen LogP contribution in [0.2, 0.25) is 0 Å². The van der Waals surface area contributed by atoms with E-state index >= 15 is 0 Å². The number of nitrogens with two attached hydrogens (primary N) is 1. The molecule has 5 heteroatoms. The van der Waals surface area contributed by atoms with E-state index in [9.17, 15) is 4.79 Å². The largest absolute Gasteiger partial charge is 0.478 e. The molecule has 1 aromatic rings. The highest BCUT2D eigenvalue weighted by Gasteiger charge is 2.24. The quantitative estimate of drug-likeness (QED) is 0.725. The molecule has 14 heavy (non-hydrogen) atoms. The molecule has 3 N–H and O–H groups in total. The van der Waals surface area contributed by atoms with Crippen molar-refractivity contribution in [3.05, 3.63) is 18.0 Å². The van der Waals surface area contributed by atoms with E-state index in [0.717, 1.165) is 19.3 Å². The third-order valence-corrected chi connectivity index (χ3v) is 2.67. The van der Waals surface area contributed by atoms with Gasteiger partial charge in [0.25, 0.3) is 0 Å². The predicted octanol–water partition coefficient (Wildman–Crippen LogP) is 0.634. The monoisotopic (exact) mass is 195 g/mol. The fraction of sp³-hybridized carbons (Fsp3) is 0.556. The van der Waals surface area contributed by atoms with Gasteiger partial charge >= 0.3 is 5.97 Å². The molecule has 1 aromatic heterocycles. The number of rotatable bonds is 2. The first kappa shape index (κ1) is 9.21.